The van der Waals surface area contributed by atoms with E-state index in [4.69, 9.17) is 0 Å². The lowest BCUT2D eigenvalue weighted by atomic mass is 10.1. The highest BCUT2D eigenvalue weighted by Crippen LogP contribution is 2.17. The van der Waals surface area contributed by atoms with Crippen LogP contribution in [-0.4, -0.2) is 21.0 Å². The normalized spacial score (nSPS) is 10.2. The van der Waals surface area contributed by atoms with Gasteiger partial charge in [0.2, 0.25) is 0 Å². The van der Waals surface area contributed by atoms with Crippen molar-refractivity contribution in [3.63, 3.8) is 0 Å². The van der Waals surface area contributed by atoms with Gasteiger partial charge in [0, 0.05) is 12.4 Å². The van der Waals surface area contributed by atoms with Crippen molar-refractivity contribution in [2.24, 2.45) is 0 Å². The molecule has 17 heavy (non-hydrogen) atoms. The quantitative estimate of drug-likeness (QED) is 0.746. The standard InChI is InChI=1S/C12H13N3O2/c1-8-2-3-10(16)9(6-8)12(17)15-7-11-13-4-5-14-11/h2-6,16H,7H2,1H3,(H,13,14)(H,15,17). The van der Waals surface area contributed by atoms with Crippen molar-refractivity contribution in [1.29, 1.82) is 0 Å². The highest BCUT2D eigenvalue weighted by molar-refractivity contribution is 5.96. The zero-order valence-electron chi connectivity index (χ0n) is 9.40. The van der Waals surface area contributed by atoms with Crippen LogP contribution in [0.1, 0.15) is 21.7 Å². The molecule has 5 nitrogen and oxygen atoms in total. The first-order valence-corrected chi connectivity index (χ1v) is 5.23. The average molecular weight is 231 g/mol. The van der Waals surface area contributed by atoms with E-state index in [1.165, 1.54) is 6.07 Å². The summed E-state index contributed by atoms with van der Waals surface area (Å²) in [6, 6.07) is 4.91. The lowest BCUT2D eigenvalue weighted by Gasteiger charge is -2.06. The predicted octanol–water partition coefficient (Wildman–Crippen LogP) is 1.35. The van der Waals surface area contributed by atoms with Crippen molar-refractivity contribution < 1.29 is 9.90 Å². The number of rotatable bonds is 3. The van der Waals surface area contributed by atoms with Crippen LogP contribution in [0.5, 0.6) is 5.75 Å². The second kappa shape index (κ2) is 4.69. The number of aromatic hydroxyl groups is 1. The van der Waals surface area contributed by atoms with Crippen LogP contribution in [0.15, 0.2) is 30.6 Å². The number of imidazole rings is 1. The lowest BCUT2D eigenvalue weighted by molar-refractivity contribution is 0.0947. The van der Waals surface area contributed by atoms with Gasteiger partial charge in [-0.25, -0.2) is 4.98 Å². The summed E-state index contributed by atoms with van der Waals surface area (Å²) in [5.74, 6) is 0.334. The largest absolute Gasteiger partial charge is 0.507 e. The Bertz CT molecular complexity index is 521. The fourth-order valence-electron chi connectivity index (χ4n) is 1.49. The molecule has 0 radical (unpaired) electrons. The minimum atomic E-state index is -0.317. The molecular formula is C12H13N3O2. The number of phenols is 1. The first-order chi connectivity index (χ1) is 8.16. The third kappa shape index (κ3) is 2.63. The van der Waals surface area contributed by atoms with Gasteiger partial charge in [0.25, 0.3) is 5.91 Å². The summed E-state index contributed by atoms with van der Waals surface area (Å²) in [6.07, 6.45) is 3.30. The molecule has 0 spiro atoms. The SMILES string of the molecule is Cc1ccc(O)c(C(=O)NCc2ncc[nH]2)c1. The van der Waals surface area contributed by atoms with Crippen LogP contribution in [0.25, 0.3) is 0 Å². The van der Waals surface area contributed by atoms with Crippen molar-refractivity contribution in [3.05, 3.63) is 47.5 Å². The van der Waals surface area contributed by atoms with Crippen molar-refractivity contribution in [2.45, 2.75) is 13.5 Å². The van der Waals surface area contributed by atoms with Crippen molar-refractivity contribution in [1.82, 2.24) is 15.3 Å². The number of aromatic amines is 1. The molecule has 0 aliphatic heterocycles. The number of nitrogens with zero attached hydrogens (tertiary/aromatic N) is 1. The van der Waals surface area contributed by atoms with Gasteiger partial charge in [-0.15, -0.1) is 0 Å². The molecule has 0 aliphatic carbocycles. The number of aryl methyl sites for hydroxylation is 1. The third-order valence-corrected chi connectivity index (χ3v) is 2.37. The molecule has 0 bridgehead atoms. The summed E-state index contributed by atoms with van der Waals surface area (Å²) >= 11 is 0. The molecule has 5 heteroatoms. The van der Waals surface area contributed by atoms with E-state index in [9.17, 15) is 9.90 Å². The van der Waals surface area contributed by atoms with Gasteiger partial charge in [-0.3, -0.25) is 4.79 Å². The summed E-state index contributed by atoms with van der Waals surface area (Å²) in [4.78, 5) is 18.7. The molecule has 3 N–H and O–H groups in total. The number of phenolic OH excluding ortho intramolecular Hbond substituents is 1. The van der Waals surface area contributed by atoms with Crippen LogP contribution in [0.3, 0.4) is 0 Å². The zero-order chi connectivity index (χ0) is 12.3. The molecule has 0 unspecified atom stereocenters. The maximum atomic E-state index is 11.8. The second-order valence-electron chi connectivity index (χ2n) is 3.74. The third-order valence-electron chi connectivity index (χ3n) is 2.37. The summed E-state index contributed by atoms with van der Waals surface area (Å²) in [6.45, 7) is 2.17. The number of nitrogens with one attached hydrogen (secondary N) is 2. The molecular weight excluding hydrogens is 218 g/mol. The molecule has 2 rings (SSSR count). The van der Waals surface area contributed by atoms with Gasteiger partial charge >= 0.3 is 0 Å². The van der Waals surface area contributed by atoms with Crippen LogP contribution in [0.4, 0.5) is 0 Å². The predicted molar refractivity (Wildman–Crippen MR) is 62.6 cm³/mol. The molecule has 0 saturated carbocycles. The van der Waals surface area contributed by atoms with Gasteiger partial charge in [-0.05, 0) is 19.1 Å². The van der Waals surface area contributed by atoms with E-state index in [1.54, 1.807) is 24.5 Å². The summed E-state index contributed by atoms with van der Waals surface area (Å²) in [7, 11) is 0. The molecule has 1 amide bonds. The second-order valence-corrected chi connectivity index (χ2v) is 3.74. The van der Waals surface area contributed by atoms with E-state index >= 15 is 0 Å². The minimum Gasteiger partial charge on any atom is -0.507 e. The number of hydrogen-bond acceptors (Lipinski definition) is 3. The van der Waals surface area contributed by atoms with E-state index in [2.05, 4.69) is 15.3 Å². The van der Waals surface area contributed by atoms with Crippen LogP contribution in [0, 0.1) is 6.92 Å². The molecule has 1 heterocycles. The Morgan fingerprint density at radius 2 is 2.35 bits per heavy atom. The van der Waals surface area contributed by atoms with E-state index in [0.29, 0.717) is 12.4 Å². The number of carbonyl (C=O) groups is 1. The summed E-state index contributed by atoms with van der Waals surface area (Å²) in [5, 5.41) is 12.3. The first-order valence-electron chi connectivity index (χ1n) is 5.23. The fourth-order valence-corrected chi connectivity index (χ4v) is 1.49. The van der Waals surface area contributed by atoms with Crippen molar-refractivity contribution in [3.8, 4) is 5.75 Å². The van der Waals surface area contributed by atoms with E-state index in [0.717, 1.165) is 5.56 Å². The smallest absolute Gasteiger partial charge is 0.255 e. The zero-order valence-corrected chi connectivity index (χ0v) is 9.40. The van der Waals surface area contributed by atoms with Crippen molar-refractivity contribution in [2.75, 3.05) is 0 Å². The van der Waals surface area contributed by atoms with Gasteiger partial charge in [0.05, 0.1) is 12.1 Å². The lowest BCUT2D eigenvalue weighted by Crippen LogP contribution is -2.23. The molecule has 0 fully saturated rings. The molecule has 1 aromatic carbocycles. The van der Waals surface area contributed by atoms with Gasteiger partial charge in [-0.1, -0.05) is 11.6 Å². The molecule has 0 aliphatic rings. The molecule has 1 aromatic heterocycles. The first kappa shape index (κ1) is 11.2. The number of hydrogen-bond donors (Lipinski definition) is 3. The maximum Gasteiger partial charge on any atom is 0.255 e. The Kier molecular flexibility index (Phi) is 3.09. The number of H-pyrrole nitrogens is 1. The Morgan fingerprint density at radius 1 is 1.53 bits per heavy atom. The molecule has 0 saturated heterocycles. The summed E-state index contributed by atoms with van der Waals surface area (Å²) < 4.78 is 0. The number of aromatic nitrogens is 2. The van der Waals surface area contributed by atoms with E-state index < -0.39 is 0 Å². The van der Waals surface area contributed by atoms with Crippen LogP contribution < -0.4 is 5.32 Å². The molecule has 88 valence electrons. The number of amides is 1. The molecule has 0 atom stereocenters. The van der Waals surface area contributed by atoms with Gasteiger partial charge in [0.1, 0.15) is 11.6 Å². The van der Waals surface area contributed by atoms with E-state index in [1.807, 2.05) is 6.92 Å². The highest BCUT2D eigenvalue weighted by Gasteiger charge is 2.10. The molecule has 2 aromatic rings. The Morgan fingerprint density at radius 3 is 3.06 bits per heavy atom. The maximum absolute atomic E-state index is 11.8. The van der Waals surface area contributed by atoms with Crippen LogP contribution >= 0.6 is 0 Å². The topological polar surface area (TPSA) is 78.0 Å². The fraction of sp³-hybridized carbons (Fsp3) is 0.167. The number of carbonyl (C=O) groups excluding carboxylic acids is 1. The summed E-state index contributed by atoms with van der Waals surface area (Å²) in [5.41, 5.74) is 1.20. The highest BCUT2D eigenvalue weighted by atomic mass is 16.3. The van der Waals surface area contributed by atoms with Crippen LogP contribution in [-0.2, 0) is 6.54 Å². The van der Waals surface area contributed by atoms with Gasteiger partial charge < -0.3 is 15.4 Å². The Balaban J connectivity index is 2.07. The monoisotopic (exact) mass is 231 g/mol. The van der Waals surface area contributed by atoms with Gasteiger partial charge in [0.15, 0.2) is 0 Å². The Hall–Kier alpha value is -2.30. The number of benzene rings is 1. The van der Waals surface area contributed by atoms with E-state index in [-0.39, 0.29) is 17.2 Å². The minimum absolute atomic E-state index is 0.0208. The average Bonchev–Trinajstić information content (AvgIpc) is 2.82. The van der Waals surface area contributed by atoms with Crippen LogP contribution in [0.2, 0.25) is 0 Å². The van der Waals surface area contributed by atoms with Gasteiger partial charge in [-0.2, -0.15) is 0 Å². The van der Waals surface area contributed by atoms with Crippen molar-refractivity contribution >= 4 is 5.91 Å². The Labute approximate surface area is 98.5 Å².